The molecule has 3 heterocycles. The summed E-state index contributed by atoms with van der Waals surface area (Å²) in [7, 11) is 0. The molecule has 0 aliphatic rings. The molecule has 3 aromatic heterocycles. The molecule has 0 fully saturated rings. The Morgan fingerprint density at radius 1 is 1.33 bits per heavy atom. The van der Waals surface area contributed by atoms with E-state index in [1.165, 1.54) is 0 Å². The highest BCUT2D eigenvalue weighted by molar-refractivity contribution is 7.71. The van der Waals surface area contributed by atoms with Gasteiger partial charge < -0.3 is 9.55 Å². The van der Waals surface area contributed by atoms with E-state index in [0.29, 0.717) is 4.77 Å². The van der Waals surface area contributed by atoms with Crippen molar-refractivity contribution in [3.05, 3.63) is 41.3 Å². The molecule has 1 N–H and O–H groups in total. The first kappa shape index (κ1) is 11.2. The van der Waals surface area contributed by atoms with Crippen molar-refractivity contribution in [2.75, 3.05) is 0 Å². The number of aromatic nitrogens is 5. The number of nitrogens with one attached hydrogen (secondary N) is 1. The van der Waals surface area contributed by atoms with E-state index in [0.717, 1.165) is 29.9 Å². The van der Waals surface area contributed by atoms with E-state index in [-0.39, 0.29) is 0 Å². The Hall–Kier alpha value is -1.95. The van der Waals surface area contributed by atoms with E-state index >= 15 is 0 Å². The average Bonchev–Trinajstić information content (AvgIpc) is 2.94. The second kappa shape index (κ2) is 4.38. The number of aryl methyl sites for hydroxylation is 3. The average molecular weight is 259 g/mol. The van der Waals surface area contributed by atoms with Gasteiger partial charge in [0.25, 0.3) is 0 Å². The Kier molecular flexibility index (Phi) is 2.71. The molecule has 0 amide bonds. The van der Waals surface area contributed by atoms with Crippen molar-refractivity contribution < 1.29 is 0 Å². The van der Waals surface area contributed by atoms with Gasteiger partial charge in [0.15, 0.2) is 10.4 Å². The van der Waals surface area contributed by atoms with Gasteiger partial charge in [-0.3, -0.25) is 4.57 Å². The van der Waals surface area contributed by atoms with Gasteiger partial charge >= 0.3 is 0 Å². The number of aromatic amines is 1. The maximum Gasteiger partial charge on any atom is 0.179 e. The molecule has 0 spiro atoms. The van der Waals surface area contributed by atoms with Crippen LogP contribution in [0.1, 0.15) is 5.69 Å². The van der Waals surface area contributed by atoms with Crippen LogP contribution in [-0.4, -0.2) is 24.1 Å². The molecule has 0 radical (unpaired) electrons. The van der Waals surface area contributed by atoms with Crippen molar-refractivity contribution in [3.8, 4) is 0 Å². The third-order valence-corrected chi connectivity index (χ3v) is 3.22. The van der Waals surface area contributed by atoms with Crippen LogP contribution >= 0.6 is 12.2 Å². The fourth-order valence-electron chi connectivity index (χ4n) is 1.97. The van der Waals surface area contributed by atoms with Crippen molar-refractivity contribution in [2.24, 2.45) is 0 Å². The first-order chi connectivity index (χ1) is 8.74. The molecule has 5 nitrogen and oxygen atoms in total. The summed E-state index contributed by atoms with van der Waals surface area (Å²) in [6, 6.07) is 4.00. The SMILES string of the molecule is Cc1ccc2[nH]c(=S)n(CCn3ccnc3)c2n1. The lowest BCUT2D eigenvalue weighted by Gasteiger charge is -2.05. The Morgan fingerprint density at radius 3 is 3.00 bits per heavy atom. The zero-order valence-electron chi connectivity index (χ0n) is 10.00. The molecule has 0 saturated heterocycles. The summed E-state index contributed by atoms with van der Waals surface area (Å²) in [6.07, 6.45) is 5.52. The minimum atomic E-state index is 0.711. The summed E-state index contributed by atoms with van der Waals surface area (Å²) in [6.45, 7) is 3.60. The summed E-state index contributed by atoms with van der Waals surface area (Å²) in [4.78, 5) is 11.7. The van der Waals surface area contributed by atoms with Crippen LogP contribution in [0.25, 0.3) is 11.2 Å². The second-order valence-corrected chi connectivity index (χ2v) is 4.59. The number of hydrogen-bond donors (Lipinski definition) is 1. The van der Waals surface area contributed by atoms with Crippen LogP contribution in [0, 0.1) is 11.7 Å². The monoisotopic (exact) mass is 259 g/mol. The van der Waals surface area contributed by atoms with Crippen molar-refractivity contribution in [3.63, 3.8) is 0 Å². The minimum absolute atomic E-state index is 0.711. The molecule has 92 valence electrons. The molecule has 18 heavy (non-hydrogen) atoms. The quantitative estimate of drug-likeness (QED) is 0.734. The van der Waals surface area contributed by atoms with Gasteiger partial charge in [-0.1, -0.05) is 0 Å². The molecule has 0 aliphatic heterocycles. The van der Waals surface area contributed by atoms with Crippen molar-refractivity contribution in [2.45, 2.75) is 20.0 Å². The van der Waals surface area contributed by atoms with Gasteiger partial charge in [0.2, 0.25) is 0 Å². The first-order valence-corrected chi connectivity index (χ1v) is 6.17. The highest BCUT2D eigenvalue weighted by Crippen LogP contribution is 2.12. The molecular weight excluding hydrogens is 246 g/mol. The summed E-state index contributed by atoms with van der Waals surface area (Å²) in [5, 5.41) is 0. The van der Waals surface area contributed by atoms with Crippen molar-refractivity contribution in [1.29, 1.82) is 0 Å². The van der Waals surface area contributed by atoms with E-state index in [1.54, 1.807) is 12.5 Å². The van der Waals surface area contributed by atoms with Gasteiger partial charge in [-0.05, 0) is 31.3 Å². The maximum atomic E-state index is 5.33. The number of imidazole rings is 2. The van der Waals surface area contributed by atoms with Crippen LogP contribution in [0.5, 0.6) is 0 Å². The van der Waals surface area contributed by atoms with Crippen LogP contribution in [-0.2, 0) is 13.1 Å². The lowest BCUT2D eigenvalue weighted by Crippen LogP contribution is -2.06. The lowest BCUT2D eigenvalue weighted by molar-refractivity contribution is 0.581. The highest BCUT2D eigenvalue weighted by atomic mass is 32.1. The predicted molar refractivity (Wildman–Crippen MR) is 71.9 cm³/mol. The topological polar surface area (TPSA) is 51.4 Å². The Labute approximate surface area is 109 Å². The van der Waals surface area contributed by atoms with Gasteiger partial charge in [0, 0.05) is 31.2 Å². The summed E-state index contributed by atoms with van der Waals surface area (Å²) < 4.78 is 4.76. The molecule has 6 heteroatoms. The zero-order chi connectivity index (χ0) is 12.5. The normalized spacial score (nSPS) is 11.2. The zero-order valence-corrected chi connectivity index (χ0v) is 10.8. The Bertz CT molecular complexity index is 723. The van der Waals surface area contributed by atoms with Crippen LogP contribution < -0.4 is 0 Å². The van der Waals surface area contributed by atoms with Gasteiger partial charge in [0.1, 0.15) is 0 Å². The van der Waals surface area contributed by atoms with Crippen molar-refractivity contribution >= 4 is 23.4 Å². The number of H-pyrrole nitrogens is 1. The summed E-state index contributed by atoms with van der Waals surface area (Å²) >= 11 is 5.33. The number of nitrogens with zero attached hydrogens (tertiary/aromatic N) is 4. The maximum absolute atomic E-state index is 5.33. The van der Waals surface area contributed by atoms with E-state index in [4.69, 9.17) is 12.2 Å². The number of rotatable bonds is 3. The number of hydrogen-bond acceptors (Lipinski definition) is 3. The molecule has 0 atom stereocenters. The molecule has 0 bridgehead atoms. The largest absolute Gasteiger partial charge is 0.336 e. The number of pyridine rings is 1. The van der Waals surface area contributed by atoms with E-state index in [2.05, 4.69) is 15.0 Å². The van der Waals surface area contributed by atoms with Crippen LogP contribution in [0.4, 0.5) is 0 Å². The highest BCUT2D eigenvalue weighted by Gasteiger charge is 2.05. The van der Waals surface area contributed by atoms with Gasteiger partial charge in [-0.15, -0.1) is 0 Å². The van der Waals surface area contributed by atoms with E-state index in [9.17, 15) is 0 Å². The van der Waals surface area contributed by atoms with Gasteiger partial charge in [-0.25, -0.2) is 9.97 Å². The summed E-state index contributed by atoms with van der Waals surface area (Å²) in [5.74, 6) is 0. The molecular formula is C12H13N5S. The molecule has 0 saturated carbocycles. The molecule has 0 aromatic carbocycles. The fourth-order valence-corrected chi connectivity index (χ4v) is 2.25. The first-order valence-electron chi connectivity index (χ1n) is 5.76. The Balaban J connectivity index is 1.98. The molecule has 0 aliphatic carbocycles. The molecule has 0 unspecified atom stereocenters. The van der Waals surface area contributed by atoms with Crippen LogP contribution in [0.2, 0.25) is 0 Å². The Morgan fingerprint density at radius 2 is 2.22 bits per heavy atom. The molecule has 3 aromatic rings. The van der Waals surface area contributed by atoms with Gasteiger partial charge in [-0.2, -0.15) is 0 Å². The van der Waals surface area contributed by atoms with Crippen LogP contribution in [0.15, 0.2) is 30.9 Å². The van der Waals surface area contributed by atoms with Crippen LogP contribution in [0.3, 0.4) is 0 Å². The minimum Gasteiger partial charge on any atom is -0.336 e. The third kappa shape index (κ3) is 1.95. The van der Waals surface area contributed by atoms with Crippen molar-refractivity contribution in [1.82, 2.24) is 24.1 Å². The fraction of sp³-hybridized carbons (Fsp3) is 0.250. The van der Waals surface area contributed by atoms with E-state index in [1.807, 2.05) is 34.4 Å². The smallest absolute Gasteiger partial charge is 0.179 e. The number of fused-ring (bicyclic) bond motifs is 1. The lowest BCUT2D eigenvalue weighted by atomic mass is 10.3. The molecule has 3 rings (SSSR count). The van der Waals surface area contributed by atoms with Gasteiger partial charge in [0.05, 0.1) is 11.8 Å². The van der Waals surface area contributed by atoms with E-state index < -0.39 is 0 Å². The summed E-state index contributed by atoms with van der Waals surface area (Å²) in [5.41, 5.74) is 2.89. The second-order valence-electron chi connectivity index (χ2n) is 4.21. The predicted octanol–water partition coefficient (Wildman–Crippen LogP) is 2.30. The third-order valence-electron chi connectivity index (χ3n) is 2.90. The standard InChI is InChI=1S/C12H13N5S/c1-9-2-3-10-11(14-9)17(12(18)15-10)7-6-16-5-4-13-8-16/h2-5,8H,6-7H2,1H3,(H,15,18).